The van der Waals surface area contributed by atoms with Gasteiger partial charge in [0.15, 0.2) is 0 Å². The van der Waals surface area contributed by atoms with Gasteiger partial charge in [-0.1, -0.05) is 29.8 Å². The molecule has 1 heterocycles. The molecule has 1 aliphatic rings. The van der Waals surface area contributed by atoms with Gasteiger partial charge in [0.2, 0.25) is 11.8 Å². The number of anilines is 1. The first-order valence-corrected chi connectivity index (χ1v) is 9.61. The smallest absolute Gasteiger partial charge is 0.238 e. The minimum Gasteiger partial charge on any atom is -0.340 e. The average Bonchev–Trinajstić information content (AvgIpc) is 2.69. The number of carbonyl (C=O) groups excluding carboxylic acids is 2. The van der Waals surface area contributed by atoms with Gasteiger partial charge in [-0.3, -0.25) is 14.5 Å². The maximum absolute atomic E-state index is 12.9. The van der Waals surface area contributed by atoms with Crippen molar-refractivity contribution in [2.24, 2.45) is 0 Å². The number of hydrogen-bond donors (Lipinski definition) is 1. The molecule has 0 radical (unpaired) electrons. The lowest BCUT2D eigenvalue weighted by molar-refractivity contribution is -0.133. The standard InChI is InChI=1S/C22H26FN3O2/c1-17-2-9-20(10-3-17)24-21(27)16-25-12-14-26(15-13-25)22(28)11-6-18-4-7-19(23)8-5-18/h2-5,7-10H,6,11-16H2,1H3,(H,24,27). The van der Waals surface area contributed by atoms with E-state index in [1.165, 1.54) is 12.1 Å². The Balaban J connectivity index is 1.38. The molecule has 0 aromatic heterocycles. The molecule has 148 valence electrons. The molecule has 1 fully saturated rings. The average molecular weight is 383 g/mol. The van der Waals surface area contributed by atoms with Crippen LogP contribution in [0, 0.1) is 12.7 Å². The van der Waals surface area contributed by atoms with E-state index in [2.05, 4.69) is 10.2 Å². The molecule has 0 aliphatic carbocycles. The molecule has 1 N–H and O–H groups in total. The van der Waals surface area contributed by atoms with E-state index in [1.807, 2.05) is 36.1 Å². The summed E-state index contributed by atoms with van der Waals surface area (Å²) in [5, 5.41) is 2.90. The van der Waals surface area contributed by atoms with Crippen molar-refractivity contribution >= 4 is 17.5 Å². The Morgan fingerprint density at radius 1 is 0.964 bits per heavy atom. The fraction of sp³-hybridized carbons (Fsp3) is 0.364. The van der Waals surface area contributed by atoms with Crippen LogP contribution in [0.4, 0.5) is 10.1 Å². The van der Waals surface area contributed by atoms with Crippen molar-refractivity contribution in [3.63, 3.8) is 0 Å². The van der Waals surface area contributed by atoms with Crippen LogP contribution in [0.25, 0.3) is 0 Å². The Labute approximate surface area is 165 Å². The van der Waals surface area contributed by atoms with Crippen molar-refractivity contribution in [2.75, 3.05) is 38.0 Å². The van der Waals surface area contributed by atoms with Crippen molar-refractivity contribution in [2.45, 2.75) is 19.8 Å². The predicted molar refractivity (Wildman–Crippen MR) is 108 cm³/mol. The number of hydrogen-bond acceptors (Lipinski definition) is 3. The summed E-state index contributed by atoms with van der Waals surface area (Å²) < 4.78 is 12.9. The number of carbonyl (C=O) groups is 2. The molecule has 0 bridgehead atoms. The largest absolute Gasteiger partial charge is 0.340 e. The van der Waals surface area contributed by atoms with Gasteiger partial charge in [0.1, 0.15) is 5.82 Å². The van der Waals surface area contributed by atoms with Crippen LogP contribution in [0.2, 0.25) is 0 Å². The normalized spacial score (nSPS) is 14.7. The number of benzene rings is 2. The Hall–Kier alpha value is -2.73. The summed E-state index contributed by atoms with van der Waals surface area (Å²) in [6, 6.07) is 14.0. The molecule has 0 unspecified atom stereocenters. The number of nitrogens with one attached hydrogen (secondary N) is 1. The Bertz CT molecular complexity index is 798. The van der Waals surface area contributed by atoms with E-state index in [0.717, 1.165) is 16.8 Å². The van der Waals surface area contributed by atoms with Gasteiger partial charge in [-0.05, 0) is 43.2 Å². The molecule has 5 nitrogen and oxygen atoms in total. The lowest BCUT2D eigenvalue weighted by Crippen LogP contribution is -2.50. The zero-order valence-electron chi connectivity index (χ0n) is 16.2. The minimum atomic E-state index is -0.266. The zero-order valence-corrected chi connectivity index (χ0v) is 16.2. The number of aryl methyl sites for hydroxylation is 2. The quantitative estimate of drug-likeness (QED) is 0.835. The van der Waals surface area contributed by atoms with Crippen molar-refractivity contribution in [1.82, 2.24) is 9.80 Å². The van der Waals surface area contributed by atoms with E-state index in [9.17, 15) is 14.0 Å². The lowest BCUT2D eigenvalue weighted by Gasteiger charge is -2.34. The van der Waals surface area contributed by atoms with Crippen molar-refractivity contribution in [1.29, 1.82) is 0 Å². The second-order valence-electron chi connectivity index (χ2n) is 7.20. The molecular weight excluding hydrogens is 357 g/mol. The minimum absolute atomic E-state index is 0.0417. The summed E-state index contributed by atoms with van der Waals surface area (Å²) in [6.45, 7) is 4.95. The topological polar surface area (TPSA) is 52.7 Å². The van der Waals surface area contributed by atoms with Crippen LogP contribution in [0.3, 0.4) is 0 Å². The molecule has 1 aliphatic heterocycles. The summed E-state index contributed by atoms with van der Waals surface area (Å²) in [4.78, 5) is 28.5. The van der Waals surface area contributed by atoms with E-state index in [-0.39, 0.29) is 17.6 Å². The highest BCUT2D eigenvalue weighted by atomic mass is 19.1. The van der Waals surface area contributed by atoms with Crippen LogP contribution in [0.5, 0.6) is 0 Å². The van der Waals surface area contributed by atoms with Gasteiger partial charge in [-0.15, -0.1) is 0 Å². The Morgan fingerprint density at radius 3 is 2.25 bits per heavy atom. The van der Waals surface area contributed by atoms with Crippen molar-refractivity contribution in [3.05, 3.63) is 65.5 Å². The third kappa shape index (κ3) is 5.89. The molecular formula is C22H26FN3O2. The van der Waals surface area contributed by atoms with Gasteiger partial charge in [0.05, 0.1) is 6.54 Å². The Morgan fingerprint density at radius 2 is 1.61 bits per heavy atom. The second-order valence-corrected chi connectivity index (χ2v) is 7.20. The maximum atomic E-state index is 12.9. The number of amides is 2. The number of nitrogens with zero attached hydrogens (tertiary/aromatic N) is 2. The molecule has 0 spiro atoms. The molecule has 2 aromatic carbocycles. The van der Waals surface area contributed by atoms with Crippen LogP contribution >= 0.6 is 0 Å². The SMILES string of the molecule is Cc1ccc(NC(=O)CN2CCN(C(=O)CCc3ccc(F)cc3)CC2)cc1. The van der Waals surface area contributed by atoms with E-state index in [0.29, 0.717) is 45.6 Å². The summed E-state index contributed by atoms with van der Waals surface area (Å²) in [6.07, 6.45) is 1.03. The van der Waals surface area contributed by atoms with E-state index >= 15 is 0 Å². The predicted octanol–water partition coefficient (Wildman–Crippen LogP) is 2.85. The summed E-state index contributed by atoms with van der Waals surface area (Å²) in [7, 11) is 0. The fourth-order valence-electron chi connectivity index (χ4n) is 3.26. The van der Waals surface area contributed by atoms with Gasteiger partial charge < -0.3 is 10.2 Å². The highest BCUT2D eigenvalue weighted by Crippen LogP contribution is 2.11. The van der Waals surface area contributed by atoms with Crippen LogP contribution < -0.4 is 5.32 Å². The van der Waals surface area contributed by atoms with Crippen LogP contribution in [0.1, 0.15) is 17.5 Å². The highest BCUT2D eigenvalue weighted by Gasteiger charge is 2.22. The van der Waals surface area contributed by atoms with Crippen molar-refractivity contribution in [3.8, 4) is 0 Å². The van der Waals surface area contributed by atoms with E-state index in [4.69, 9.17) is 0 Å². The van der Waals surface area contributed by atoms with Gasteiger partial charge in [-0.2, -0.15) is 0 Å². The zero-order chi connectivity index (χ0) is 19.9. The third-order valence-corrected chi connectivity index (χ3v) is 4.97. The molecule has 2 amide bonds. The first kappa shape index (κ1) is 20.0. The number of halogens is 1. The van der Waals surface area contributed by atoms with Gasteiger partial charge in [0.25, 0.3) is 0 Å². The second kappa shape index (κ2) is 9.46. The summed E-state index contributed by atoms with van der Waals surface area (Å²) in [5.74, 6) is -0.203. The molecule has 3 rings (SSSR count). The van der Waals surface area contributed by atoms with E-state index < -0.39 is 0 Å². The van der Waals surface area contributed by atoms with E-state index in [1.54, 1.807) is 12.1 Å². The first-order chi connectivity index (χ1) is 13.5. The van der Waals surface area contributed by atoms with Crippen LogP contribution in [0.15, 0.2) is 48.5 Å². The fourth-order valence-corrected chi connectivity index (χ4v) is 3.26. The highest BCUT2D eigenvalue weighted by molar-refractivity contribution is 5.92. The molecule has 6 heteroatoms. The Kier molecular flexibility index (Phi) is 6.76. The monoisotopic (exact) mass is 383 g/mol. The van der Waals surface area contributed by atoms with Crippen molar-refractivity contribution < 1.29 is 14.0 Å². The third-order valence-electron chi connectivity index (χ3n) is 4.97. The van der Waals surface area contributed by atoms with Crippen LogP contribution in [-0.4, -0.2) is 54.3 Å². The summed E-state index contributed by atoms with van der Waals surface area (Å²) in [5.41, 5.74) is 2.91. The van der Waals surface area contributed by atoms with Gasteiger partial charge in [0, 0.05) is 38.3 Å². The first-order valence-electron chi connectivity index (χ1n) is 9.61. The van der Waals surface area contributed by atoms with Gasteiger partial charge in [-0.25, -0.2) is 4.39 Å². The number of rotatable bonds is 6. The molecule has 0 saturated carbocycles. The number of piperazine rings is 1. The molecule has 0 atom stereocenters. The summed E-state index contributed by atoms with van der Waals surface area (Å²) >= 11 is 0. The molecule has 1 saturated heterocycles. The lowest BCUT2D eigenvalue weighted by atomic mass is 10.1. The van der Waals surface area contributed by atoms with Crippen LogP contribution in [-0.2, 0) is 16.0 Å². The maximum Gasteiger partial charge on any atom is 0.238 e. The molecule has 28 heavy (non-hydrogen) atoms. The molecule has 2 aromatic rings. The van der Waals surface area contributed by atoms with Gasteiger partial charge >= 0.3 is 0 Å².